The quantitative estimate of drug-likeness (QED) is 0.112. The van der Waals surface area contributed by atoms with Gasteiger partial charge in [-0.05, 0) is 25.8 Å². The van der Waals surface area contributed by atoms with Gasteiger partial charge in [0, 0.05) is 25.0 Å². The molecule has 0 spiro atoms. The van der Waals surface area contributed by atoms with Crippen LogP contribution in [-0.2, 0) is 4.79 Å². The van der Waals surface area contributed by atoms with Crippen molar-refractivity contribution in [1.82, 2.24) is 16.1 Å². The number of amides is 1. The van der Waals surface area contributed by atoms with Gasteiger partial charge in [-0.25, -0.2) is 5.48 Å². The van der Waals surface area contributed by atoms with Gasteiger partial charge in [0.2, 0.25) is 5.91 Å². The zero-order valence-electron chi connectivity index (χ0n) is 18.3. The molecule has 0 aromatic rings. The Kier molecular flexibility index (Phi) is 17.8. The van der Waals surface area contributed by atoms with Crippen molar-refractivity contribution in [2.24, 2.45) is 0 Å². The summed E-state index contributed by atoms with van der Waals surface area (Å²) in [7, 11) is 0. The molecule has 168 valence electrons. The average Bonchev–Trinajstić information content (AvgIpc) is 2.72. The summed E-state index contributed by atoms with van der Waals surface area (Å²) >= 11 is 0. The fraction of sp³-hybridized carbons (Fsp3) is 0.952. The summed E-state index contributed by atoms with van der Waals surface area (Å²) in [5.41, 5.74) is 1.61. The predicted octanol–water partition coefficient (Wildman–Crippen LogP) is 2.48. The van der Waals surface area contributed by atoms with Gasteiger partial charge in [0.15, 0.2) is 0 Å². The van der Waals surface area contributed by atoms with Crippen molar-refractivity contribution >= 4 is 5.91 Å². The third-order valence-corrected chi connectivity index (χ3v) is 5.33. The van der Waals surface area contributed by atoms with E-state index in [4.69, 9.17) is 5.21 Å². The van der Waals surface area contributed by atoms with Gasteiger partial charge in [-0.3, -0.25) is 10.0 Å². The summed E-state index contributed by atoms with van der Waals surface area (Å²) in [5.74, 6) is -0.538. The molecule has 1 amide bonds. The summed E-state index contributed by atoms with van der Waals surface area (Å²) in [6.45, 7) is 7.31. The number of hydrogen-bond donors (Lipinski definition) is 6. The minimum atomic E-state index is -0.690. The van der Waals surface area contributed by atoms with Crippen LogP contribution in [0.5, 0.6) is 0 Å². The van der Waals surface area contributed by atoms with Crippen LogP contribution in [0.3, 0.4) is 0 Å². The van der Waals surface area contributed by atoms with Gasteiger partial charge in [-0.1, -0.05) is 65.7 Å². The molecule has 0 saturated carbocycles. The zero-order valence-corrected chi connectivity index (χ0v) is 18.3. The van der Waals surface area contributed by atoms with Crippen molar-refractivity contribution in [2.75, 3.05) is 13.1 Å². The maximum atomic E-state index is 11.5. The lowest BCUT2D eigenvalue weighted by Gasteiger charge is -2.28. The van der Waals surface area contributed by atoms with E-state index in [1.165, 1.54) is 44.9 Å². The predicted molar refractivity (Wildman–Crippen MR) is 113 cm³/mol. The van der Waals surface area contributed by atoms with E-state index in [9.17, 15) is 15.0 Å². The fourth-order valence-corrected chi connectivity index (χ4v) is 3.33. The number of hydroxylamine groups is 1. The molecule has 7 nitrogen and oxygen atoms in total. The number of rotatable bonds is 19. The molecule has 6 N–H and O–H groups in total. The van der Waals surface area contributed by atoms with E-state index in [1.54, 1.807) is 5.48 Å². The Bertz CT molecular complexity index is 372. The van der Waals surface area contributed by atoms with E-state index in [0.717, 1.165) is 13.0 Å². The van der Waals surface area contributed by atoms with Gasteiger partial charge in [0.1, 0.15) is 0 Å². The zero-order chi connectivity index (χ0) is 21.2. The summed E-state index contributed by atoms with van der Waals surface area (Å²) in [6.07, 6.45) is 10.0. The second-order valence-corrected chi connectivity index (χ2v) is 7.74. The van der Waals surface area contributed by atoms with Gasteiger partial charge >= 0.3 is 0 Å². The lowest BCUT2D eigenvalue weighted by atomic mass is 10.0. The minimum absolute atomic E-state index is 0.0154. The summed E-state index contributed by atoms with van der Waals surface area (Å²) < 4.78 is 0. The standard InChI is InChI=1S/C21H45N3O4/c1-4-7-8-9-10-11-12-13-14-22-18(20(26)6-3)16-23-17(19(25)5-2)15-21(27)24-28/h17-20,22-23,25-26,28H,4-16H2,1-3H3,(H,24,27). The first-order valence-electron chi connectivity index (χ1n) is 11.3. The Labute approximate surface area is 171 Å². The van der Waals surface area contributed by atoms with Crippen LogP contribution in [0.2, 0.25) is 0 Å². The topological polar surface area (TPSA) is 114 Å². The first-order chi connectivity index (χ1) is 13.5. The Hall–Kier alpha value is -0.730. The number of hydrogen-bond acceptors (Lipinski definition) is 6. The summed E-state index contributed by atoms with van der Waals surface area (Å²) in [6, 6.07) is -0.605. The van der Waals surface area contributed by atoms with Gasteiger partial charge < -0.3 is 20.8 Å². The number of carbonyl (C=O) groups is 1. The first-order valence-corrected chi connectivity index (χ1v) is 11.3. The molecule has 4 unspecified atom stereocenters. The first kappa shape index (κ1) is 27.3. The third-order valence-electron chi connectivity index (χ3n) is 5.33. The van der Waals surface area contributed by atoms with Crippen LogP contribution in [0.1, 0.15) is 91.4 Å². The van der Waals surface area contributed by atoms with E-state index < -0.39 is 24.2 Å². The monoisotopic (exact) mass is 403 g/mol. The van der Waals surface area contributed by atoms with Crippen molar-refractivity contribution in [3.63, 3.8) is 0 Å². The number of unbranched alkanes of at least 4 members (excludes halogenated alkanes) is 7. The Balaban J connectivity index is 4.25. The lowest BCUT2D eigenvalue weighted by molar-refractivity contribution is -0.130. The highest BCUT2D eigenvalue weighted by Crippen LogP contribution is 2.09. The van der Waals surface area contributed by atoms with Crippen LogP contribution in [0.4, 0.5) is 0 Å². The second-order valence-electron chi connectivity index (χ2n) is 7.74. The molecule has 0 bridgehead atoms. The Morgan fingerprint density at radius 2 is 1.32 bits per heavy atom. The van der Waals surface area contributed by atoms with Crippen LogP contribution in [-0.4, -0.2) is 58.7 Å². The molecule has 7 heteroatoms. The maximum Gasteiger partial charge on any atom is 0.245 e. The highest BCUT2D eigenvalue weighted by atomic mass is 16.5. The Morgan fingerprint density at radius 1 is 0.786 bits per heavy atom. The number of aliphatic hydroxyl groups excluding tert-OH is 2. The second kappa shape index (κ2) is 18.3. The molecule has 0 aliphatic heterocycles. The summed E-state index contributed by atoms with van der Waals surface area (Å²) in [5, 5.41) is 35.7. The largest absolute Gasteiger partial charge is 0.392 e. The highest BCUT2D eigenvalue weighted by Gasteiger charge is 2.24. The highest BCUT2D eigenvalue weighted by molar-refractivity contribution is 5.75. The van der Waals surface area contributed by atoms with E-state index in [1.807, 2.05) is 13.8 Å². The number of aliphatic hydroxyl groups is 2. The van der Waals surface area contributed by atoms with Crippen LogP contribution in [0.15, 0.2) is 0 Å². The Morgan fingerprint density at radius 3 is 1.86 bits per heavy atom. The fourth-order valence-electron chi connectivity index (χ4n) is 3.33. The molecule has 0 fully saturated rings. The molecule has 28 heavy (non-hydrogen) atoms. The lowest BCUT2D eigenvalue weighted by Crippen LogP contribution is -2.52. The van der Waals surface area contributed by atoms with E-state index >= 15 is 0 Å². The molecule has 0 aliphatic carbocycles. The number of carbonyl (C=O) groups excluding carboxylic acids is 1. The van der Waals surface area contributed by atoms with Crippen molar-refractivity contribution < 1.29 is 20.2 Å². The normalized spacial score (nSPS) is 15.8. The molecular formula is C21H45N3O4. The molecule has 0 aromatic heterocycles. The van der Waals surface area contributed by atoms with Gasteiger partial charge in [0.25, 0.3) is 0 Å². The van der Waals surface area contributed by atoms with E-state index in [2.05, 4.69) is 17.6 Å². The summed E-state index contributed by atoms with van der Waals surface area (Å²) in [4.78, 5) is 11.5. The molecular weight excluding hydrogens is 358 g/mol. The van der Waals surface area contributed by atoms with Crippen molar-refractivity contribution in [1.29, 1.82) is 0 Å². The van der Waals surface area contributed by atoms with Crippen LogP contribution < -0.4 is 16.1 Å². The molecule has 0 rings (SSSR count). The molecule has 0 radical (unpaired) electrons. The number of nitrogens with one attached hydrogen (secondary N) is 3. The van der Waals surface area contributed by atoms with E-state index in [-0.39, 0.29) is 12.5 Å². The smallest absolute Gasteiger partial charge is 0.245 e. The van der Waals surface area contributed by atoms with Crippen LogP contribution >= 0.6 is 0 Å². The van der Waals surface area contributed by atoms with Gasteiger partial charge in [0.05, 0.1) is 12.2 Å². The molecule has 0 saturated heterocycles. The third kappa shape index (κ3) is 13.4. The average molecular weight is 404 g/mol. The van der Waals surface area contributed by atoms with Crippen molar-refractivity contribution in [3.05, 3.63) is 0 Å². The van der Waals surface area contributed by atoms with E-state index in [0.29, 0.717) is 19.4 Å². The minimum Gasteiger partial charge on any atom is -0.392 e. The molecule has 0 heterocycles. The molecule has 0 aliphatic rings. The van der Waals surface area contributed by atoms with Crippen LogP contribution in [0.25, 0.3) is 0 Å². The van der Waals surface area contributed by atoms with Gasteiger partial charge in [-0.2, -0.15) is 0 Å². The van der Waals surface area contributed by atoms with Crippen molar-refractivity contribution in [2.45, 2.75) is 116 Å². The van der Waals surface area contributed by atoms with Crippen molar-refractivity contribution in [3.8, 4) is 0 Å². The SMILES string of the molecule is CCCCCCCCCCNC(CNC(CC(=O)NO)C(O)CC)C(O)CC. The maximum absolute atomic E-state index is 11.5. The molecule has 0 aromatic carbocycles. The molecule has 4 atom stereocenters. The van der Waals surface area contributed by atoms with Gasteiger partial charge in [-0.15, -0.1) is 0 Å². The van der Waals surface area contributed by atoms with Crippen LogP contribution in [0, 0.1) is 0 Å².